The molecule has 1 rings (SSSR count). The summed E-state index contributed by atoms with van der Waals surface area (Å²) in [5.41, 5.74) is 1.58. The van der Waals surface area contributed by atoms with Gasteiger partial charge in [-0.05, 0) is 32.3 Å². The quantitative estimate of drug-likeness (QED) is 0.812. The fourth-order valence-electron chi connectivity index (χ4n) is 1.52. The molecule has 1 aromatic rings. The lowest BCUT2D eigenvalue weighted by Gasteiger charge is -2.21. The van der Waals surface area contributed by atoms with Crippen molar-refractivity contribution in [1.82, 2.24) is 5.32 Å². The summed E-state index contributed by atoms with van der Waals surface area (Å²) < 4.78 is 0. The molecule has 0 spiro atoms. The van der Waals surface area contributed by atoms with Crippen molar-refractivity contribution in [1.29, 1.82) is 0 Å². The van der Waals surface area contributed by atoms with Gasteiger partial charge in [0.15, 0.2) is 0 Å². The first-order valence-corrected chi connectivity index (χ1v) is 6.47. The molecular formula is C15H23NO2. The number of rotatable bonds is 6. The monoisotopic (exact) mass is 249 g/mol. The Hall–Kier alpha value is -1.35. The lowest BCUT2D eigenvalue weighted by molar-refractivity contribution is -0.122. The van der Waals surface area contributed by atoms with Gasteiger partial charge in [-0.3, -0.25) is 4.79 Å². The SMILES string of the molecule is CCC(C)(O)CNC(=O)CCc1ccc(C)cc1. The minimum Gasteiger partial charge on any atom is -0.388 e. The van der Waals surface area contributed by atoms with Crippen molar-refractivity contribution in [3.05, 3.63) is 35.4 Å². The van der Waals surface area contributed by atoms with Gasteiger partial charge in [0.2, 0.25) is 5.91 Å². The van der Waals surface area contributed by atoms with Crippen LogP contribution >= 0.6 is 0 Å². The fourth-order valence-corrected chi connectivity index (χ4v) is 1.52. The highest BCUT2D eigenvalue weighted by molar-refractivity contribution is 5.76. The zero-order valence-corrected chi connectivity index (χ0v) is 11.5. The van der Waals surface area contributed by atoms with Crippen LogP contribution in [0, 0.1) is 6.92 Å². The number of benzene rings is 1. The molecule has 2 N–H and O–H groups in total. The summed E-state index contributed by atoms with van der Waals surface area (Å²) in [5.74, 6) is -0.00991. The summed E-state index contributed by atoms with van der Waals surface area (Å²) in [4.78, 5) is 11.6. The minimum absolute atomic E-state index is 0.00991. The van der Waals surface area contributed by atoms with Gasteiger partial charge >= 0.3 is 0 Å². The predicted molar refractivity (Wildman–Crippen MR) is 73.4 cm³/mol. The summed E-state index contributed by atoms with van der Waals surface area (Å²) in [6.45, 7) is 5.99. The van der Waals surface area contributed by atoms with Gasteiger partial charge in [-0.25, -0.2) is 0 Å². The van der Waals surface area contributed by atoms with Gasteiger partial charge < -0.3 is 10.4 Å². The lowest BCUT2D eigenvalue weighted by Crippen LogP contribution is -2.40. The summed E-state index contributed by atoms with van der Waals surface area (Å²) in [6, 6.07) is 8.19. The zero-order valence-electron chi connectivity index (χ0n) is 11.5. The Morgan fingerprint density at radius 3 is 2.50 bits per heavy atom. The maximum absolute atomic E-state index is 11.6. The summed E-state index contributed by atoms with van der Waals surface area (Å²) in [7, 11) is 0. The molecule has 100 valence electrons. The second-order valence-electron chi connectivity index (χ2n) is 5.11. The molecule has 0 saturated heterocycles. The van der Waals surface area contributed by atoms with Crippen LogP contribution in [0.25, 0.3) is 0 Å². The van der Waals surface area contributed by atoms with Crippen molar-refractivity contribution in [2.45, 2.75) is 45.6 Å². The van der Waals surface area contributed by atoms with Crippen LogP contribution in [0.2, 0.25) is 0 Å². The molecule has 0 radical (unpaired) electrons. The van der Waals surface area contributed by atoms with E-state index in [-0.39, 0.29) is 5.91 Å². The molecule has 0 heterocycles. The average molecular weight is 249 g/mol. The third-order valence-corrected chi connectivity index (χ3v) is 3.19. The normalized spacial score (nSPS) is 14.0. The molecule has 3 nitrogen and oxygen atoms in total. The number of nitrogens with one attached hydrogen (secondary N) is 1. The predicted octanol–water partition coefficient (Wildman–Crippen LogP) is 2.20. The summed E-state index contributed by atoms with van der Waals surface area (Å²) in [6.07, 6.45) is 1.83. The largest absolute Gasteiger partial charge is 0.388 e. The molecule has 0 saturated carbocycles. The first-order valence-electron chi connectivity index (χ1n) is 6.47. The van der Waals surface area contributed by atoms with Crippen molar-refractivity contribution in [3.8, 4) is 0 Å². The topological polar surface area (TPSA) is 49.3 Å². The summed E-state index contributed by atoms with van der Waals surface area (Å²) in [5, 5.41) is 12.5. The van der Waals surface area contributed by atoms with Crippen LogP contribution in [0.5, 0.6) is 0 Å². The maximum atomic E-state index is 11.6. The molecular weight excluding hydrogens is 226 g/mol. The summed E-state index contributed by atoms with van der Waals surface area (Å²) >= 11 is 0. The van der Waals surface area contributed by atoms with E-state index in [4.69, 9.17) is 0 Å². The van der Waals surface area contributed by atoms with Crippen LogP contribution in [0.1, 0.15) is 37.8 Å². The van der Waals surface area contributed by atoms with Crippen molar-refractivity contribution in [3.63, 3.8) is 0 Å². The average Bonchev–Trinajstić information content (AvgIpc) is 2.36. The van der Waals surface area contributed by atoms with E-state index in [1.807, 2.05) is 26.0 Å². The van der Waals surface area contributed by atoms with Gasteiger partial charge in [0.25, 0.3) is 0 Å². The second kappa shape index (κ2) is 6.55. The van der Waals surface area contributed by atoms with Gasteiger partial charge in [-0.15, -0.1) is 0 Å². The van der Waals surface area contributed by atoms with Crippen molar-refractivity contribution >= 4 is 5.91 Å². The molecule has 0 fully saturated rings. The first kappa shape index (κ1) is 14.7. The van der Waals surface area contributed by atoms with Crippen LogP contribution in [-0.2, 0) is 11.2 Å². The van der Waals surface area contributed by atoms with E-state index >= 15 is 0 Å². The number of carbonyl (C=O) groups excluding carboxylic acids is 1. The van der Waals surface area contributed by atoms with Gasteiger partial charge in [0.05, 0.1) is 5.60 Å². The number of hydrogen-bond donors (Lipinski definition) is 2. The second-order valence-corrected chi connectivity index (χ2v) is 5.11. The molecule has 1 unspecified atom stereocenters. The van der Waals surface area contributed by atoms with E-state index in [1.54, 1.807) is 6.92 Å². The number of aliphatic hydroxyl groups is 1. The molecule has 1 atom stereocenters. The highest BCUT2D eigenvalue weighted by atomic mass is 16.3. The molecule has 0 aliphatic rings. The van der Waals surface area contributed by atoms with Crippen LogP contribution < -0.4 is 5.32 Å². The van der Waals surface area contributed by atoms with Crippen LogP contribution in [0.4, 0.5) is 0 Å². The Morgan fingerprint density at radius 2 is 1.94 bits per heavy atom. The van der Waals surface area contributed by atoms with E-state index in [2.05, 4.69) is 17.4 Å². The number of aryl methyl sites for hydroxylation is 2. The third-order valence-electron chi connectivity index (χ3n) is 3.19. The Morgan fingerprint density at radius 1 is 1.33 bits per heavy atom. The zero-order chi connectivity index (χ0) is 13.6. The first-order chi connectivity index (χ1) is 8.43. The Balaban J connectivity index is 2.31. The standard InChI is InChI=1S/C15H23NO2/c1-4-15(3,18)11-16-14(17)10-9-13-7-5-12(2)6-8-13/h5-8,18H,4,9-11H2,1-3H3,(H,16,17). The highest BCUT2D eigenvalue weighted by Gasteiger charge is 2.17. The molecule has 3 heteroatoms. The maximum Gasteiger partial charge on any atom is 0.220 e. The minimum atomic E-state index is -0.806. The Labute approximate surface area is 109 Å². The van der Waals surface area contributed by atoms with Crippen molar-refractivity contribution in [2.24, 2.45) is 0 Å². The van der Waals surface area contributed by atoms with Crippen molar-refractivity contribution in [2.75, 3.05) is 6.54 Å². The number of hydrogen-bond acceptors (Lipinski definition) is 2. The Kier molecular flexibility index (Phi) is 5.35. The fraction of sp³-hybridized carbons (Fsp3) is 0.533. The van der Waals surface area contributed by atoms with Gasteiger partial charge in [-0.1, -0.05) is 36.8 Å². The number of carbonyl (C=O) groups is 1. The Bertz CT molecular complexity index is 382. The molecule has 0 aliphatic carbocycles. The molecule has 0 aromatic heterocycles. The molecule has 0 bridgehead atoms. The van der Waals surface area contributed by atoms with Crippen molar-refractivity contribution < 1.29 is 9.90 Å². The van der Waals surface area contributed by atoms with Gasteiger partial charge in [0.1, 0.15) is 0 Å². The van der Waals surface area contributed by atoms with E-state index < -0.39 is 5.60 Å². The highest BCUT2D eigenvalue weighted by Crippen LogP contribution is 2.07. The molecule has 0 aliphatic heterocycles. The van der Waals surface area contributed by atoms with Crippen LogP contribution in [0.3, 0.4) is 0 Å². The van der Waals surface area contributed by atoms with Gasteiger partial charge in [0, 0.05) is 13.0 Å². The molecule has 18 heavy (non-hydrogen) atoms. The van der Waals surface area contributed by atoms with Crippen LogP contribution in [0.15, 0.2) is 24.3 Å². The van der Waals surface area contributed by atoms with Crippen LogP contribution in [-0.4, -0.2) is 23.2 Å². The molecule has 1 aromatic carbocycles. The lowest BCUT2D eigenvalue weighted by atomic mass is 10.0. The third kappa shape index (κ3) is 5.32. The van der Waals surface area contributed by atoms with Gasteiger partial charge in [-0.2, -0.15) is 0 Å². The number of amides is 1. The van der Waals surface area contributed by atoms with E-state index in [1.165, 1.54) is 5.56 Å². The van der Waals surface area contributed by atoms with E-state index in [0.717, 1.165) is 12.0 Å². The van der Waals surface area contributed by atoms with E-state index in [0.29, 0.717) is 19.4 Å². The molecule has 1 amide bonds. The smallest absolute Gasteiger partial charge is 0.220 e. The van der Waals surface area contributed by atoms with E-state index in [9.17, 15) is 9.90 Å².